The number of rotatable bonds is 3. The number of anilines is 2. The van der Waals surface area contributed by atoms with Crippen LogP contribution in [0.3, 0.4) is 0 Å². The van der Waals surface area contributed by atoms with Gasteiger partial charge in [-0.25, -0.2) is 23.5 Å². The maximum Gasteiger partial charge on any atom is 0.238 e. The normalized spacial score (nSPS) is 17.1. The van der Waals surface area contributed by atoms with E-state index in [2.05, 4.69) is 22.2 Å². The molecule has 27 heavy (non-hydrogen) atoms. The third-order valence-electron chi connectivity index (χ3n) is 5.31. The fraction of sp³-hybridized carbons (Fsp3) is 0.368. The van der Waals surface area contributed by atoms with E-state index in [0.717, 1.165) is 46.4 Å². The van der Waals surface area contributed by atoms with E-state index in [1.54, 1.807) is 29.8 Å². The minimum atomic E-state index is -3.78. The molecule has 142 valence electrons. The standard InChI is InChI=1S/C19H22N4O2S2/c1-10-4-5-14-16(6-10)26-19-17(14)18(21-9-22-19)23-15-8-13(27(20,24)25)7-11(2)12(15)3/h7-10H,4-6H2,1-3H3,(H2,20,24,25)(H,21,22,23)/t10-/m0/s1. The van der Waals surface area contributed by atoms with E-state index < -0.39 is 10.0 Å². The molecule has 2 heterocycles. The van der Waals surface area contributed by atoms with E-state index in [1.807, 2.05) is 13.8 Å². The predicted octanol–water partition coefficient (Wildman–Crippen LogP) is 3.82. The summed E-state index contributed by atoms with van der Waals surface area (Å²) >= 11 is 1.74. The maximum absolute atomic E-state index is 11.8. The van der Waals surface area contributed by atoms with Crippen molar-refractivity contribution in [3.63, 3.8) is 0 Å². The zero-order valence-corrected chi connectivity index (χ0v) is 17.2. The van der Waals surface area contributed by atoms with Crippen molar-refractivity contribution in [2.45, 2.75) is 44.9 Å². The fourth-order valence-electron chi connectivity index (χ4n) is 3.62. The Labute approximate surface area is 162 Å². The number of aromatic nitrogens is 2. The van der Waals surface area contributed by atoms with Crippen molar-refractivity contribution in [2.75, 3.05) is 5.32 Å². The van der Waals surface area contributed by atoms with Crippen LogP contribution >= 0.6 is 11.3 Å². The average molecular weight is 403 g/mol. The van der Waals surface area contributed by atoms with Gasteiger partial charge >= 0.3 is 0 Å². The van der Waals surface area contributed by atoms with Crippen LogP contribution in [-0.2, 0) is 22.9 Å². The summed E-state index contributed by atoms with van der Waals surface area (Å²) in [6.07, 6.45) is 4.82. The minimum absolute atomic E-state index is 0.0968. The number of sulfonamides is 1. The third kappa shape index (κ3) is 3.33. The van der Waals surface area contributed by atoms with E-state index in [0.29, 0.717) is 11.6 Å². The second kappa shape index (κ2) is 6.54. The number of benzene rings is 1. The second-order valence-electron chi connectivity index (χ2n) is 7.34. The minimum Gasteiger partial charge on any atom is -0.339 e. The number of hydrogen-bond donors (Lipinski definition) is 2. The molecule has 0 radical (unpaired) electrons. The first-order chi connectivity index (χ1) is 12.7. The van der Waals surface area contributed by atoms with Crippen molar-refractivity contribution in [2.24, 2.45) is 11.1 Å². The average Bonchev–Trinajstić information content (AvgIpc) is 2.96. The van der Waals surface area contributed by atoms with Gasteiger partial charge in [0.1, 0.15) is 17.0 Å². The van der Waals surface area contributed by atoms with E-state index in [1.165, 1.54) is 10.4 Å². The van der Waals surface area contributed by atoms with Gasteiger partial charge in [-0.2, -0.15) is 0 Å². The summed E-state index contributed by atoms with van der Waals surface area (Å²) in [5.74, 6) is 1.41. The smallest absolute Gasteiger partial charge is 0.238 e. The molecule has 4 rings (SSSR count). The molecule has 0 amide bonds. The van der Waals surface area contributed by atoms with Gasteiger partial charge < -0.3 is 5.32 Å². The van der Waals surface area contributed by atoms with Crippen LogP contribution in [0.25, 0.3) is 10.2 Å². The Morgan fingerprint density at radius 3 is 2.78 bits per heavy atom. The number of nitrogens with two attached hydrogens (primary N) is 1. The highest BCUT2D eigenvalue weighted by molar-refractivity contribution is 7.89. The van der Waals surface area contributed by atoms with Crippen LogP contribution in [0.4, 0.5) is 11.5 Å². The molecule has 3 aromatic rings. The molecule has 0 fully saturated rings. The highest BCUT2D eigenvalue weighted by Gasteiger charge is 2.23. The summed E-state index contributed by atoms with van der Waals surface area (Å²) in [5, 5.41) is 9.75. The quantitative estimate of drug-likeness (QED) is 0.694. The molecule has 0 saturated heterocycles. The highest BCUT2D eigenvalue weighted by atomic mass is 32.2. The Bertz CT molecular complexity index is 1150. The molecule has 1 aliphatic carbocycles. The van der Waals surface area contributed by atoms with Crippen LogP contribution in [0.15, 0.2) is 23.4 Å². The van der Waals surface area contributed by atoms with Crippen molar-refractivity contribution >= 4 is 43.1 Å². The van der Waals surface area contributed by atoms with Crippen molar-refractivity contribution in [1.29, 1.82) is 0 Å². The van der Waals surface area contributed by atoms with E-state index >= 15 is 0 Å². The topological polar surface area (TPSA) is 98.0 Å². The van der Waals surface area contributed by atoms with E-state index in [-0.39, 0.29) is 4.90 Å². The van der Waals surface area contributed by atoms with Gasteiger partial charge in [0.15, 0.2) is 0 Å². The fourth-order valence-corrected chi connectivity index (χ4v) is 5.59. The summed E-state index contributed by atoms with van der Waals surface area (Å²) in [5.41, 5.74) is 3.85. The molecular weight excluding hydrogens is 380 g/mol. The van der Waals surface area contributed by atoms with E-state index in [9.17, 15) is 8.42 Å². The molecule has 0 unspecified atom stereocenters. The summed E-state index contributed by atoms with van der Waals surface area (Å²) in [7, 11) is -3.78. The lowest BCUT2D eigenvalue weighted by molar-refractivity contribution is 0.509. The van der Waals surface area contributed by atoms with Gasteiger partial charge in [-0.15, -0.1) is 11.3 Å². The summed E-state index contributed by atoms with van der Waals surface area (Å²) in [4.78, 5) is 11.4. The van der Waals surface area contributed by atoms with Gasteiger partial charge in [-0.1, -0.05) is 6.92 Å². The van der Waals surface area contributed by atoms with Crippen LogP contribution in [0, 0.1) is 19.8 Å². The zero-order valence-electron chi connectivity index (χ0n) is 15.5. The maximum atomic E-state index is 11.8. The lowest BCUT2D eigenvalue weighted by Gasteiger charge is -2.18. The van der Waals surface area contributed by atoms with Crippen LogP contribution in [-0.4, -0.2) is 18.4 Å². The molecule has 0 bridgehead atoms. The Kier molecular flexibility index (Phi) is 4.44. The van der Waals surface area contributed by atoms with Gasteiger partial charge in [0.2, 0.25) is 10.0 Å². The first-order valence-corrected chi connectivity index (χ1v) is 11.3. The first kappa shape index (κ1) is 18.3. The van der Waals surface area contributed by atoms with Gasteiger partial charge in [-0.3, -0.25) is 0 Å². The van der Waals surface area contributed by atoms with Gasteiger partial charge in [0, 0.05) is 10.6 Å². The molecule has 3 N–H and O–H groups in total. The molecule has 0 aliphatic heterocycles. The number of aryl methyl sites for hydroxylation is 2. The molecule has 8 heteroatoms. The van der Waals surface area contributed by atoms with Gasteiger partial charge in [0.05, 0.1) is 10.3 Å². The van der Waals surface area contributed by atoms with Crippen LogP contribution in [0.1, 0.15) is 34.9 Å². The lowest BCUT2D eigenvalue weighted by Crippen LogP contribution is -2.13. The molecule has 2 aromatic heterocycles. The number of nitrogens with one attached hydrogen (secondary N) is 1. The number of fused-ring (bicyclic) bond motifs is 3. The number of primary sulfonamides is 1. The van der Waals surface area contributed by atoms with Crippen molar-refractivity contribution in [3.8, 4) is 0 Å². The Morgan fingerprint density at radius 1 is 1.26 bits per heavy atom. The first-order valence-electron chi connectivity index (χ1n) is 8.90. The highest BCUT2D eigenvalue weighted by Crippen LogP contribution is 2.40. The second-order valence-corrected chi connectivity index (χ2v) is 9.98. The SMILES string of the molecule is Cc1cc(S(N)(=O)=O)cc(Nc2ncnc3sc4c(c23)CC[C@H](C)C4)c1C. The van der Waals surface area contributed by atoms with Crippen molar-refractivity contribution in [1.82, 2.24) is 9.97 Å². The van der Waals surface area contributed by atoms with Crippen molar-refractivity contribution in [3.05, 3.63) is 40.0 Å². The lowest BCUT2D eigenvalue weighted by atomic mass is 9.89. The van der Waals surface area contributed by atoms with Crippen molar-refractivity contribution < 1.29 is 8.42 Å². The third-order valence-corrected chi connectivity index (χ3v) is 7.37. The molecule has 0 saturated carbocycles. The van der Waals surface area contributed by atoms with E-state index in [4.69, 9.17) is 5.14 Å². The van der Waals surface area contributed by atoms with Gasteiger partial charge in [0.25, 0.3) is 0 Å². The largest absolute Gasteiger partial charge is 0.339 e. The molecule has 1 atom stereocenters. The molecule has 0 spiro atoms. The zero-order chi connectivity index (χ0) is 19.3. The Hall–Kier alpha value is -2.03. The summed E-state index contributed by atoms with van der Waals surface area (Å²) < 4.78 is 23.6. The number of hydrogen-bond acceptors (Lipinski definition) is 6. The molecule has 1 aliphatic rings. The van der Waals surface area contributed by atoms with Crippen LogP contribution in [0.2, 0.25) is 0 Å². The van der Waals surface area contributed by atoms with Gasteiger partial charge in [-0.05, 0) is 67.9 Å². The summed E-state index contributed by atoms with van der Waals surface area (Å²) in [6.45, 7) is 6.11. The number of thiophene rings is 1. The monoisotopic (exact) mass is 402 g/mol. The molecular formula is C19H22N4O2S2. The predicted molar refractivity (Wildman–Crippen MR) is 109 cm³/mol. The molecule has 6 nitrogen and oxygen atoms in total. The Balaban J connectivity index is 1.84. The van der Waals surface area contributed by atoms with Crippen LogP contribution < -0.4 is 10.5 Å². The Morgan fingerprint density at radius 2 is 2.04 bits per heavy atom. The summed E-state index contributed by atoms with van der Waals surface area (Å²) in [6, 6.07) is 3.17. The molecule has 1 aromatic carbocycles. The number of nitrogens with zero attached hydrogens (tertiary/aromatic N) is 2. The van der Waals surface area contributed by atoms with Crippen LogP contribution in [0.5, 0.6) is 0 Å².